The molecule has 2 rings (SSSR count). The van der Waals surface area contributed by atoms with Gasteiger partial charge < -0.3 is 0 Å². The predicted molar refractivity (Wildman–Crippen MR) is 57.3 cm³/mol. The summed E-state index contributed by atoms with van der Waals surface area (Å²) < 4.78 is 61.0. The lowest BCUT2D eigenvalue weighted by atomic mass is 10.2. The Hall–Kier alpha value is -1.57. The van der Waals surface area contributed by atoms with E-state index < -0.39 is 27.7 Å². The number of alkyl halides is 3. The minimum atomic E-state index is -4.58. The second kappa shape index (κ2) is 3.98. The van der Waals surface area contributed by atoms with Crippen LogP contribution in [0.1, 0.15) is 12.0 Å². The molecule has 1 saturated heterocycles. The van der Waals surface area contributed by atoms with Crippen molar-refractivity contribution in [2.75, 3.05) is 10.1 Å². The first-order valence-corrected chi connectivity index (χ1v) is 6.56. The fourth-order valence-electron chi connectivity index (χ4n) is 1.68. The van der Waals surface area contributed by atoms with Crippen molar-refractivity contribution >= 4 is 21.6 Å². The molecule has 0 atom stereocenters. The van der Waals surface area contributed by atoms with Crippen molar-refractivity contribution < 1.29 is 26.4 Å². The highest BCUT2D eigenvalue weighted by atomic mass is 32.2. The van der Waals surface area contributed by atoms with E-state index in [2.05, 4.69) is 0 Å². The number of sulfonamides is 1. The van der Waals surface area contributed by atoms with Crippen LogP contribution < -0.4 is 4.31 Å². The first-order chi connectivity index (χ1) is 8.22. The Labute approximate surface area is 101 Å². The molecule has 1 aliphatic rings. The van der Waals surface area contributed by atoms with Crippen LogP contribution in [0.25, 0.3) is 0 Å². The molecule has 1 aromatic carbocycles. The maximum absolute atomic E-state index is 12.5. The number of carbonyl (C=O) groups excluding carboxylic acids is 1. The van der Waals surface area contributed by atoms with Crippen molar-refractivity contribution in [3.8, 4) is 0 Å². The van der Waals surface area contributed by atoms with Crippen LogP contribution in [0, 0.1) is 0 Å². The summed E-state index contributed by atoms with van der Waals surface area (Å²) in [5, 5.41) is 0. The van der Waals surface area contributed by atoms with E-state index in [9.17, 15) is 26.4 Å². The highest BCUT2D eigenvalue weighted by molar-refractivity contribution is 7.94. The number of rotatable bonds is 1. The van der Waals surface area contributed by atoms with E-state index in [0.29, 0.717) is 10.4 Å². The molecule has 4 nitrogen and oxygen atoms in total. The van der Waals surface area contributed by atoms with Crippen molar-refractivity contribution in [2.45, 2.75) is 12.6 Å². The van der Waals surface area contributed by atoms with Gasteiger partial charge in [0.25, 0.3) is 0 Å². The van der Waals surface area contributed by atoms with E-state index in [1.165, 1.54) is 0 Å². The van der Waals surface area contributed by atoms with Gasteiger partial charge in [0, 0.05) is 6.42 Å². The zero-order chi connectivity index (χ0) is 13.6. The zero-order valence-corrected chi connectivity index (χ0v) is 9.75. The van der Waals surface area contributed by atoms with Crippen LogP contribution >= 0.6 is 0 Å². The number of nitrogens with zero attached hydrogens (tertiary/aromatic N) is 1. The summed E-state index contributed by atoms with van der Waals surface area (Å²) in [6.07, 6.45) is -4.79. The van der Waals surface area contributed by atoms with Gasteiger partial charge in [-0.25, -0.2) is 12.7 Å². The largest absolute Gasteiger partial charge is 0.416 e. The second-order valence-electron chi connectivity index (χ2n) is 3.77. The Bertz CT molecular complexity index is 595. The normalized spacial score (nSPS) is 19.3. The van der Waals surface area contributed by atoms with Crippen LogP contribution in [0.3, 0.4) is 0 Å². The topological polar surface area (TPSA) is 54.5 Å². The highest BCUT2D eigenvalue weighted by Gasteiger charge is 2.38. The monoisotopic (exact) mass is 279 g/mol. The number of benzene rings is 1. The second-order valence-corrected chi connectivity index (χ2v) is 5.71. The predicted octanol–water partition coefficient (Wildman–Crippen LogP) is 1.77. The SMILES string of the molecule is O=C1CCS(=O)(=O)N1c1cccc(C(F)(F)F)c1. The standard InChI is InChI=1S/C10H8F3NO3S/c11-10(12,13)7-2-1-3-8(6-7)14-9(15)4-5-18(14,16)17/h1-3,6H,4-5H2. The van der Waals surface area contributed by atoms with Crippen molar-refractivity contribution in [3.05, 3.63) is 29.8 Å². The molecule has 0 unspecified atom stereocenters. The van der Waals surface area contributed by atoms with Crippen LogP contribution in [0.4, 0.5) is 18.9 Å². The van der Waals surface area contributed by atoms with E-state index in [1.807, 2.05) is 0 Å². The molecule has 0 N–H and O–H groups in total. The minimum Gasteiger partial charge on any atom is -0.273 e. The Balaban J connectivity index is 2.50. The van der Waals surface area contributed by atoms with Crippen LogP contribution in [-0.2, 0) is 21.0 Å². The molecular weight excluding hydrogens is 271 g/mol. The number of hydrogen-bond donors (Lipinski definition) is 0. The molecule has 98 valence electrons. The summed E-state index contributed by atoms with van der Waals surface area (Å²) >= 11 is 0. The molecule has 1 aromatic rings. The van der Waals surface area contributed by atoms with E-state index in [4.69, 9.17) is 0 Å². The van der Waals surface area contributed by atoms with Gasteiger partial charge in [-0.2, -0.15) is 13.2 Å². The molecule has 0 spiro atoms. The van der Waals surface area contributed by atoms with Crippen molar-refractivity contribution in [1.82, 2.24) is 0 Å². The van der Waals surface area contributed by atoms with Gasteiger partial charge in [-0.15, -0.1) is 0 Å². The van der Waals surface area contributed by atoms with Gasteiger partial charge in [0.15, 0.2) is 0 Å². The van der Waals surface area contributed by atoms with Gasteiger partial charge in [0.2, 0.25) is 15.9 Å². The first kappa shape index (κ1) is 12.9. The minimum absolute atomic E-state index is 0.210. The number of anilines is 1. The molecule has 0 aromatic heterocycles. The quantitative estimate of drug-likeness (QED) is 0.787. The van der Waals surface area contributed by atoms with Gasteiger partial charge in [0.05, 0.1) is 17.0 Å². The molecule has 0 radical (unpaired) electrons. The summed E-state index contributed by atoms with van der Waals surface area (Å²) in [6.45, 7) is 0. The van der Waals surface area contributed by atoms with Gasteiger partial charge in [-0.3, -0.25) is 4.79 Å². The lowest BCUT2D eigenvalue weighted by molar-refractivity contribution is -0.137. The summed E-state index contributed by atoms with van der Waals surface area (Å²) in [5.41, 5.74) is -1.26. The molecular formula is C10H8F3NO3S. The molecule has 1 amide bonds. The highest BCUT2D eigenvalue weighted by Crippen LogP contribution is 2.33. The molecule has 0 saturated carbocycles. The fraction of sp³-hybridized carbons (Fsp3) is 0.300. The molecule has 1 fully saturated rings. The van der Waals surface area contributed by atoms with Gasteiger partial charge in [-0.05, 0) is 18.2 Å². The summed E-state index contributed by atoms with van der Waals surface area (Å²) in [4.78, 5) is 11.4. The maximum Gasteiger partial charge on any atom is 0.416 e. The fourth-order valence-corrected chi connectivity index (χ4v) is 3.13. The van der Waals surface area contributed by atoms with Crippen LogP contribution in [-0.4, -0.2) is 20.1 Å². The average molecular weight is 279 g/mol. The summed E-state index contributed by atoms with van der Waals surface area (Å²) in [5.74, 6) is -1.09. The van der Waals surface area contributed by atoms with Crippen molar-refractivity contribution in [3.63, 3.8) is 0 Å². The molecule has 0 bridgehead atoms. The smallest absolute Gasteiger partial charge is 0.273 e. The molecule has 1 heterocycles. The van der Waals surface area contributed by atoms with Crippen molar-refractivity contribution in [2.24, 2.45) is 0 Å². The average Bonchev–Trinajstić information content (AvgIpc) is 2.52. The van der Waals surface area contributed by atoms with Gasteiger partial charge >= 0.3 is 6.18 Å². The number of amides is 1. The zero-order valence-electron chi connectivity index (χ0n) is 8.94. The Morgan fingerprint density at radius 2 is 1.89 bits per heavy atom. The Kier molecular flexibility index (Phi) is 2.84. The summed E-state index contributed by atoms with van der Waals surface area (Å²) in [6, 6.07) is 3.70. The number of halogens is 3. The van der Waals surface area contributed by atoms with E-state index in [0.717, 1.165) is 18.2 Å². The lowest BCUT2D eigenvalue weighted by Crippen LogP contribution is -2.29. The van der Waals surface area contributed by atoms with E-state index >= 15 is 0 Å². The maximum atomic E-state index is 12.5. The molecule has 8 heteroatoms. The number of carbonyl (C=O) groups is 1. The third-order valence-corrected chi connectivity index (χ3v) is 4.18. The number of hydrogen-bond acceptors (Lipinski definition) is 3. The van der Waals surface area contributed by atoms with Crippen molar-refractivity contribution in [1.29, 1.82) is 0 Å². The third-order valence-electron chi connectivity index (χ3n) is 2.49. The molecule has 18 heavy (non-hydrogen) atoms. The molecule has 1 aliphatic heterocycles. The van der Waals surface area contributed by atoms with Gasteiger partial charge in [0.1, 0.15) is 0 Å². The summed E-state index contributed by atoms with van der Waals surface area (Å²) in [7, 11) is -3.84. The van der Waals surface area contributed by atoms with Crippen LogP contribution in [0.2, 0.25) is 0 Å². The van der Waals surface area contributed by atoms with Gasteiger partial charge in [-0.1, -0.05) is 6.07 Å². The van der Waals surface area contributed by atoms with Crippen LogP contribution in [0.5, 0.6) is 0 Å². The Morgan fingerprint density at radius 3 is 2.39 bits per heavy atom. The Morgan fingerprint density at radius 1 is 1.22 bits per heavy atom. The molecule has 0 aliphatic carbocycles. The third kappa shape index (κ3) is 2.20. The lowest BCUT2D eigenvalue weighted by Gasteiger charge is -2.16. The van der Waals surface area contributed by atoms with E-state index in [-0.39, 0.29) is 17.9 Å². The van der Waals surface area contributed by atoms with Crippen LogP contribution in [0.15, 0.2) is 24.3 Å². The van der Waals surface area contributed by atoms with E-state index in [1.54, 1.807) is 0 Å². The first-order valence-electron chi connectivity index (χ1n) is 4.95.